The van der Waals surface area contributed by atoms with E-state index in [0.717, 1.165) is 31.8 Å². The van der Waals surface area contributed by atoms with E-state index >= 15 is 0 Å². The van der Waals surface area contributed by atoms with Crippen molar-refractivity contribution >= 4 is 0 Å². The maximum Gasteiger partial charge on any atom is 0.132 e. The van der Waals surface area contributed by atoms with Crippen LogP contribution in [-0.4, -0.2) is 27.4 Å². The molecule has 0 aliphatic rings. The summed E-state index contributed by atoms with van der Waals surface area (Å²) in [7, 11) is 0. The zero-order valence-electron chi connectivity index (χ0n) is 9.32. The molecule has 0 radical (unpaired) electrons. The second kappa shape index (κ2) is 5.75. The molecule has 80 valence electrons. The summed E-state index contributed by atoms with van der Waals surface area (Å²) < 4.78 is 2.09. The van der Waals surface area contributed by atoms with E-state index in [2.05, 4.69) is 40.9 Å². The van der Waals surface area contributed by atoms with E-state index in [9.17, 15) is 0 Å². The third-order valence-corrected chi connectivity index (χ3v) is 2.17. The summed E-state index contributed by atoms with van der Waals surface area (Å²) >= 11 is 0. The van der Waals surface area contributed by atoms with Crippen molar-refractivity contribution in [3.05, 3.63) is 12.2 Å². The van der Waals surface area contributed by atoms with Gasteiger partial charge in [-0.3, -0.25) is 0 Å². The molecule has 0 fully saturated rings. The number of rotatable bonds is 6. The van der Waals surface area contributed by atoms with Crippen LogP contribution in [0.4, 0.5) is 0 Å². The molecule has 4 heteroatoms. The number of hydrogen-bond acceptors (Lipinski definition) is 3. The van der Waals surface area contributed by atoms with Crippen molar-refractivity contribution in [1.82, 2.24) is 20.1 Å². The van der Waals surface area contributed by atoms with Gasteiger partial charge in [-0.15, -0.1) is 10.2 Å². The van der Waals surface area contributed by atoms with Crippen LogP contribution in [0.1, 0.15) is 33.0 Å². The van der Waals surface area contributed by atoms with Crippen LogP contribution in [0.3, 0.4) is 0 Å². The third-order valence-electron chi connectivity index (χ3n) is 2.17. The summed E-state index contributed by atoms with van der Waals surface area (Å²) in [5.74, 6) is 1.10. The Kier molecular flexibility index (Phi) is 4.59. The first-order valence-electron chi connectivity index (χ1n) is 5.34. The topological polar surface area (TPSA) is 42.7 Å². The molecule has 0 saturated carbocycles. The Morgan fingerprint density at radius 2 is 2.29 bits per heavy atom. The van der Waals surface area contributed by atoms with Crippen molar-refractivity contribution in [3.8, 4) is 0 Å². The predicted molar refractivity (Wildman–Crippen MR) is 57.2 cm³/mol. The van der Waals surface area contributed by atoms with Gasteiger partial charge >= 0.3 is 0 Å². The minimum Gasteiger partial charge on any atom is -0.318 e. The quantitative estimate of drug-likeness (QED) is 0.696. The lowest BCUT2D eigenvalue weighted by atomic mass is 10.2. The van der Waals surface area contributed by atoms with E-state index in [0.29, 0.717) is 6.04 Å². The highest BCUT2D eigenvalue weighted by molar-refractivity contribution is 4.85. The highest BCUT2D eigenvalue weighted by atomic mass is 15.3. The normalized spacial score (nSPS) is 11.1. The van der Waals surface area contributed by atoms with Crippen molar-refractivity contribution in [2.24, 2.45) is 0 Å². The zero-order chi connectivity index (χ0) is 10.4. The van der Waals surface area contributed by atoms with Crippen LogP contribution < -0.4 is 5.32 Å². The van der Waals surface area contributed by atoms with Gasteiger partial charge < -0.3 is 9.88 Å². The molecule has 0 amide bonds. The van der Waals surface area contributed by atoms with Gasteiger partial charge in [0.15, 0.2) is 0 Å². The van der Waals surface area contributed by atoms with E-state index in [1.54, 1.807) is 6.33 Å². The largest absolute Gasteiger partial charge is 0.318 e. The maximum atomic E-state index is 4.09. The Bertz CT molecular complexity index is 254. The van der Waals surface area contributed by atoms with Gasteiger partial charge in [-0.05, 0) is 19.9 Å². The van der Waals surface area contributed by atoms with Gasteiger partial charge in [-0.1, -0.05) is 13.8 Å². The molecule has 0 aliphatic carbocycles. The molecule has 0 spiro atoms. The first kappa shape index (κ1) is 11.2. The minimum absolute atomic E-state index is 0.569. The van der Waals surface area contributed by atoms with Crippen molar-refractivity contribution < 1.29 is 0 Å². The highest BCUT2D eigenvalue weighted by Gasteiger charge is 2.01. The monoisotopic (exact) mass is 196 g/mol. The molecule has 0 bridgehead atoms. The maximum absolute atomic E-state index is 4.09. The molecule has 14 heavy (non-hydrogen) atoms. The smallest absolute Gasteiger partial charge is 0.132 e. The van der Waals surface area contributed by atoms with Crippen molar-refractivity contribution in [1.29, 1.82) is 0 Å². The predicted octanol–water partition coefficient (Wildman–Crippen LogP) is 1.23. The van der Waals surface area contributed by atoms with E-state index in [1.807, 2.05) is 0 Å². The molecule has 4 nitrogen and oxygen atoms in total. The standard InChI is InChI=1S/C10H20N4/c1-4-14-8-12-13-10(14)6-5-7-11-9(2)3/h8-9,11H,4-7H2,1-3H3. The lowest BCUT2D eigenvalue weighted by Crippen LogP contribution is -2.24. The van der Waals surface area contributed by atoms with E-state index < -0.39 is 0 Å². The number of hydrogen-bond donors (Lipinski definition) is 1. The van der Waals surface area contributed by atoms with E-state index in [4.69, 9.17) is 0 Å². The Morgan fingerprint density at radius 3 is 2.93 bits per heavy atom. The summed E-state index contributed by atoms with van der Waals surface area (Å²) in [4.78, 5) is 0. The van der Waals surface area contributed by atoms with Crippen LogP contribution in [-0.2, 0) is 13.0 Å². The van der Waals surface area contributed by atoms with Gasteiger partial charge in [0.25, 0.3) is 0 Å². The van der Waals surface area contributed by atoms with Gasteiger partial charge in [0.2, 0.25) is 0 Å². The highest BCUT2D eigenvalue weighted by Crippen LogP contribution is 1.98. The van der Waals surface area contributed by atoms with E-state index in [-0.39, 0.29) is 0 Å². The molecule has 0 atom stereocenters. The molecule has 1 rings (SSSR count). The van der Waals surface area contributed by atoms with Crippen LogP contribution in [0.15, 0.2) is 6.33 Å². The Balaban J connectivity index is 2.24. The summed E-state index contributed by atoms with van der Waals surface area (Å²) in [6.07, 6.45) is 3.93. The first-order valence-corrected chi connectivity index (χ1v) is 5.34. The Hall–Kier alpha value is -0.900. The number of aromatic nitrogens is 3. The Morgan fingerprint density at radius 1 is 1.50 bits per heavy atom. The van der Waals surface area contributed by atoms with Crippen molar-refractivity contribution in [2.75, 3.05) is 6.54 Å². The molecule has 0 aliphatic heterocycles. The SMILES string of the molecule is CCn1cnnc1CCCNC(C)C. The van der Waals surface area contributed by atoms with Crippen molar-refractivity contribution in [2.45, 2.75) is 46.2 Å². The second-order valence-electron chi connectivity index (χ2n) is 3.75. The summed E-state index contributed by atoms with van der Waals surface area (Å²) in [5, 5.41) is 11.4. The van der Waals surface area contributed by atoms with Gasteiger partial charge in [0.1, 0.15) is 12.2 Å². The lowest BCUT2D eigenvalue weighted by molar-refractivity contribution is 0.558. The second-order valence-corrected chi connectivity index (χ2v) is 3.75. The minimum atomic E-state index is 0.569. The molecule has 1 heterocycles. The van der Waals surface area contributed by atoms with E-state index in [1.165, 1.54) is 0 Å². The molecule has 0 saturated heterocycles. The number of aryl methyl sites for hydroxylation is 2. The fourth-order valence-electron chi connectivity index (χ4n) is 1.37. The van der Waals surface area contributed by atoms with Crippen LogP contribution in [0.5, 0.6) is 0 Å². The van der Waals surface area contributed by atoms with Crippen molar-refractivity contribution in [3.63, 3.8) is 0 Å². The zero-order valence-corrected chi connectivity index (χ0v) is 9.32. The van der Waals surface area contributed by atoms with Crippen LogP contribution in [0, 0.1) is 0 Å². The fourth-order valence-corrected chi connectivity index (χ4v) is 1.37. The molecular weight excluding hydrogens is 176 g/mol. The van der Waals surface area contributed by atoms with Gasteiger partial charge in [0, 0.05) is 19.0 Å². The lowest BCUT2D eigenvalue weighted by Gasteiger charge is -2.07. The average Bonchev–Trinajstić information content (AvgIpc) is 2.59. The molecule has 0 unspecified atom stereocenters. The summed E-state index contributed by atoms with van der Waals surface area (Å²) in [5.41, 5.74) is 0. The summed E-state index contributed by atoms with van der Waals surface area (Å²) in [6, 6.07) is 0.569. The Labute approximate surface area is 85.7 Å². The molecule has 1 aromatic rings. The fraction of sp³-hybridized carbons (Fsp3) is 0.800. The van der Waals surface area contributed by atoms with Crippen LogP contribution in [0.25, 0.3) is 0 Å². The first-order chi connectivity index (χ1) is 6.74. The number of nitrogens with zero attached hydrogens (tertiary/aromatic N) is 3. The van der Waals surface area contributed by atoms with Gasteiger partial charge in [-0.25, -0.2) is 0 Å². The van der Waals surface area contributed by atoms with Gasteiger partial charge in [0.05, 0.1) is 0 Å². The molecular formula is C10H20N4. The summed E-state index contributed by atoms with van der Waals surface area (Å²) in [6.45, 7) is 8.44. The van der Waals surface area contributed by atoms with Crippen LogP contribution in [0.2, 0.25) is 0 Å². The molecule has 0 aromatic carbocycles. The molecule has 1 aromatic heterocycles. The van der Waals surface area contributed by atoms with Crippen LogP contribution >= 0.6 is 0 Å². The average molecular weight is 196 g/mol. The van der Waals surface area contributed by atoms with Gasteiger partial charge in [-0.2, -0.15) is 0 Å². The third kappa shape index (κ3) is 3.46. The molecule has 1 N–H and O–H groups in total. The number of nitrogens with one attached hydrogen (secondary N) is 1.